The molecule has 1 saturated carbocycles. The number of hydrogen-bond donors (Lipinski definition) is 2. The first-order chi connectivity index (χ1) is 7.71. The van der Waals surface area contributed by atoms with Crippen LogP contribution in [0, 0.1) is 5.41 Å². The molecule has 0 aromatic heterocycles. The normalized spacial score (nSPS) is 20.7. The molecule has 4 nitrogen and oxygen atoms in total. The van der Waals surface area contributed by atoms with Crippen LogP contribution in [0.5, 0.6) is 0 Å². The van der Waals surface area contributed by atoms with Gasteiger partial charge in [-0.1, -0.05) is 33.6 Å². The maximum Gasteiger partial charge on any atom is 0.214 e. The molecule has 1 aliphatic rings. The Balaban J connectivity index is 2.39. The second kappa shape index (κ2) is 5.67. The van der Waals surface area contributed by atoms with Crippen LogP contribution in [0.15, 0.2) is 0 Å². The number of sulfonamides is 1. The molecule has 0 bridgehead atoms. The Bertz CT molecular complexity index is 327. The third-order valence-corrected chi connectivity index (χ3v) is 5.08. The smallest absolute Gasteiger partial charge is 0.214 e. The van der Waals surface area contributed by atoms with Crippen LogP contribution >= 0.6 is 0 Å². The van der Waals surface area contributed by atoms with Crippen molar-refractivity contribution >= 4 is 10.0 Å². The van der Waals surface area contributed by atoms with Gasteiger partial charge in [0.25, 0.3) is 0 Å². The molecule has 5 heteroatoms. The highest BCUT2D eigenvalue weighted by atomic mass is 32.2. The highest BCUT2D eigenvalue weighted by Gasteiger charge is 2.28. The van der Waals surface area contributed by atoms with E-state index in [-0.39, 0.29) is 16.7 Å². The summed E-state index contributed by atoms with van der Waals surface area (Å²) in [5.41, 5.74) is 6.08. The first-order valence-electron chi connectivity index (χ1n) is 6.45. The van der Waals surface area contributed by atoms with E-state index in [4.69, 9.17) is 5.73 Å². The zero-order valence-electron chi connectivity index (χ0n) is 11.2. The van der Waals surface area contributed by atoms with Crippen molar-refractivity contribution in [1.29, 1.82) is 0 Å². The minimum atomic E-state index is -3.14. The first kappa shape index (κ1) is 14.9. The second-order valence-electron chi connectivity index (χ2n) is 6.32. The van der Waals surface area contributed by atoms with Crippen molar-refractivity contribution in [3.8, 4) is 0 Å². The fourth-order valence-electron chi connectivity index (χ4n) is 2.40. The van der Waals surface area contributed by atoms with Crippen LogP contribution < -0.4 is 10.5 Å². The van der Waals surface area contributed by atoms with Crippen molar-refractivity contribution in [3.63, 3.8) is 0 Å². The highest BCUT2D eigenvalue weighted by molar-refractivity contribution is 7.90. The average Bonchev–Trinajstić information content (AvgIpc) is 2.65. The number of nitrogens with two attached hydrogens (primary N) is 1. The Morgan fingerprint density at radius 1 is 1.29 bits per heavy atom. The molecule has 0 aromatic rings. The molecule has 17 heavy (non-hydrogen) atoms. The molecule has 1 atom stereocenters. The Kier molecular flexibility index (Phi) is 4.98. The number of nitrogens with one attached hydrogen (secondary N) is 1. The van der Waals surface area contributed by atoms with Crippen LogP contribution in [-0.2, 0) is 10.0 Å². The van der Waals surface area contributed by atoms with Crippen molar-refractivity contribution < 1.29 is 8.42 Å². The molecule has 1 fully saturated rings. The summed E-state index contributed by atoms with van der Waals surface area (Å²) in [6.07, 6.45) is 4.47. The largest absolute Gasteiger partial charge is 0.326 e. The molecular weight excluding hydrogens is 236 g/mol. The van der Waals surface area contributed by atoms with E-state index in [2.05, 4.69) is 25.5 Å². The minimum absolute atomic E-state index is 0.105. The molecule has 3 N–H and O–H groups in total. The van der Waals surface area contributed by atoms with Gasteiger partial charge in [0.15, 0.2) is 0 Å². The van der Waals surface area contributed by atoms with Gasteiger partial charge in [-0.15, -0.1) is 0 Å². The van der Waals surface area contributed by atoms with Crippen LogP contribution in [0.4, 0.5) is 0 Å². The summed E-state index contributed by atoms with van der Waals surface area (Å²) in [6, 6.07) is -0.105. The minimum Gasteiger partial charge on any atom is -0.326 e. The van der Waals surface area contributed by atoms with E-state index < -0.39 is 10.0 Å². The lowest BCUT2D eigenvalue weighted by Gasteiger charge is -2.23. The predicted octanol–water partition coefficient (Wildman–Crippen LogP) is 1.61. The molecule has 1 rings (SSSR count). The van der Waals surface area contributed by atoms with Gasteiger partial charge in [0, 0.05) is 12.6 Å². The lowest BCUT2D eigenvalue weighted by Crippen LogP contribution is -2.42. The Morgan fingerprint density at radius 3 is 2.29 bits per heavy atom. The van der Waals surface area contributed by atoms with Gasteiger partial charge in [-0.05, 0) is 24.7 Å². The van der Waals surface area contributed by atoms with E-state index in [0.717, 1.165) is 32.1 Å². The Morgan fingerprint density at radius 2 is 1.82 bits per heavy atom. The van der Waals surface area contributed by atoms with E-state index in [1.54, 1.807) is 0 Å². The van der Waals surface area contributed by atoms with Crippen LogP contribution in [0.25, 0.3) is 0 Å². The summed E-state index contributed by atoms with van der Waals surface area (Å²) in [7, 11) is -3.14. The van der Waals surface area contributed by atoms with Gasteiger partial charge in [-0.2, -0.15) is 0 Å². The molecular formula is C12H26N2O2S. The summed E-state index contributed by atoms with van der Waals surface area (Å²) in [5, 5.41) is -0.190. The molecule has 102 valence electrons. The molecule has 0 heterocycles. The standard InChI is InChI=1S/C12H26N2O2S/c1-12(2,3)8-10(13)9-14-17(15,16)11-6-4-5-7-11/h10-11,14H,4-9,13H2,1-3H3. The van der Waals surface area contributed by atoms with Crippen molar-refractivity contribution in [3.05, 3.63) is 0 Å². The van der Waals surface area contributed by atoms with E-state index in [1.165, 1.54) is 0 Å². The van der Waals surface area contributed by atoms with Gasteiger partial charge in [0.1, 0.15) is 0 Å². The molecule has 0 saturated heterocycles. The van der Waals surface area contributed by atoms with Crippen molar-refractivity contribution in [2.24, 2.45) is 11.1 Å². The second-order valence-corrected chi connectivity index (χ2v) is 8.37. The summed E-state index contributed by atoms with van der Waals surface area (Å²) >= 11 is 0. The van der Waals surface area contributed by atoms with Gasteiger partial charge < -0.3 is 5.73 Å². The fourth-order valence-corrected chi connectivity index (χ4v) is 4.03. The maximum atomic E-state index is 11.9. The van der Waals surface area contributed by atoms with Gasteiger partial charge in [-0.3, -0.25) is 0 Å². The topological polar surface area (TPSA) is 72.2 Å². The van der Waals surface area contributed by atoms with E-state index in [0.29, 0.717) is 6.54 Å². The monoisotopic (exact) mass is 262 g/mol. The van der Waals surface area contributed by atoms with Gasteiger partial charge in [0.05, 0.1) is 5.25 Å². The third-order valence-electron chi connectivity index (χ3n) is 3.16. The molecule has 0 radical (unpaired) electrons. The van der Waals surface area contributed by atoms with Gasteiger partial charge in [-0.25, -0.2) is 13.1 Å². The number of hydrogen-bond acceptors (Lipinski definition) is 3. The summed E-state index contributed by atoms with van der Waals surface area (Å²) < 4.78 is 26.5. The van der Waals surface area contributed by atoms with Crippen molar-refractivity contribution in [2.75, 3.05) is 6.54 Å². The lowest BCUT2D eigenvalue weighted by molar-refractivity contribution is 0.338. The first-order valence-corrected chi connectivity index (χ1v) is 7.99. The zero-order valence-corrected chi connectivity index (χ0v) is 12.0. The number of rotatable bonds is 5. The summed E-state index contributed by atoms with van der Waals surface area (Å²) in [6.45, 7) is 6.69. The molecule has 0 aliphatic heterocycles. The summed E-state index contributed by atoms with van der Waals surface area (Å²) in [4.78, 5) is 0. The van der Waals surface area contributed by atoms with Gasteiger partial charge in [0.2, 0.25) is 10.0 Å². The van der Waals surface area contributed by atoms with E-state index in [1.807, 2.05) is 0 Å². The van der Waals surface area contributed by atoms with Crippen LogP contribution in [0.2, 0.25) is 0 Å². The molecule has 0 aromatic carbocycles. The summed E-state index contributed by atoms with van der Waals surface area (Å²) in [5.74, 6) is 0. The average molecular weight is 262 g/mol. The zero-order chi connectivity index (χ0) is 13.1. The maximum absolute atomic E-state index is 11.9. The van der Waals surface area contributed by atoms with E-state index in [9.17, 15) is 8.42 Å². The third kappa shape index (κ3) is 5.36. The SMILES string of the molecule is CC(C)(C)CC(N)CNS(=O)(=O)C1CCCC1. The lowest BCUT2D eigenvalue weighted by atomic mass is 9.88. The van der Waals surface area contributed by atoms with Gasteiger partial charge >= 0.3 is 0 Å². The van der Waals surface area contributed by atoms with Crippen molar-refractivity contribution in [1.82, 2.24) is 4.72 Å². The Labute approximate surface area is 105 Å². The predicted molar refractivity (Wildman–Crippen MR) is 71.2 cm³/mol. The van der Waals surface area contributed by atoms with Crippen LogP contribution in [-0.4, -0.2) is 26.3 Å². The molecule has 1 aliphatic carbocycles. The molecule has 0 spiro atoms. The van der Waals surface area contributed by atoms with E-state index >= 15 is 0 Å². The molecule has 1 unspecified atom stereocenters. The molecule has 0 amide bonds. The highest BCUT2D eigenvalue weighted by Crippen LogP contribution is 2.24. The van der Waals surface area contributed by atoms with Crippen molar-refractivity contribution in [2.45, 2.75) is 64.2 Å². The fraction of sp³-hybridized carbons (Fsp3) is 1.00. The Hall–Kier alpha value is -0.130. The quantitative estimate of drug-likeness (QED) is 0.790. The van der Waals surface area contributed by atoms with Crippen LogP contribution in [0.3, 0.4) is 0 Å². The van der Waals surface area contributed by atoms with Crippen LogP contribution in [0.1, 0.15) is 52.9 Å².